The van der Waals surface area contributed by atoms with Crippen LogP contribution in [0.5, 0.6) is 0 Å². The fraction of sp³-hybridized carbons (Fsp3) is 0.750. The van der Waals surface area contributed by atoms with E-state index >= 15 is 0 Å². The number of likely N-dealkylation sites (N-methyl/N-ethyl adjacent to an activating group) is 1. The van der Waals surface area contributed by atoms with Crippen LogP contribution in [0, 0.1) is 5.92 Å². The highest BCUT2D eigenvalue weighted by Crippen LogP contribution is 2.18. The van der Waals surface area contributed by atoms with Gasteiger partial charge in [0, 0.05) is 19.6 Å². The molecule has 1 unspecified atom stereocenters. The van der Waals surface area contributed by atoms with Gasteiger partial charge in [-0.25, -0.2) is 4.79 Å². The summed E-state index contributed by atoms with van der Waals surface area (Å²) in [7, 11) is 1.50. The van der Waals surface area contributed by atoms with Crippen molar-refractivity contribution in [3.05, 3.63) is 0 Å². The van der Waals surface area contributed by atoms with Crippen LogP contribution in [0.3, 0.4) is 0 Å². The molecule has 0 aliphatic heterocycles. The van der Waals surface area contributed by atoms with E-state index in [2.05, 4.69) is 10.6 Å². The van der Waals surface area contributed by atoms with Crippen molar-refractivity contribution in [2.75, 3.05) is 20.1 Å². The van der Waals surface area contributed by atoms with E-state index in [4.69, 9.17) is 5.11 Å². The Kier molecular flexibility index (Phi) is 5.59. The lowest BCUT2D eigenvalue weighted by Crippen LogP contribution is -2.45. The maximum atomic E-state index is 11.7. The van der Waals surface area contributed by atoms with Gasteiger partial charge < -0.3 is 20.6 Å². The molecule has 0 aromatic rings. The highest BCUT2D eigenvalue weighted by molar-refractivity contribution is 5.84. The Hall–Kier alpha value is -1.79. The number of rotatable bonds is 7. The zero-order valence-electron chi connectivity index (χ0n) is 11.3. The van der Waals surface area contributed by atoms with Gasteiger partial charge in [-0.1, -0.05) is 6.92 Å². The molecule has 0 aromatic carbocycles. The maximum absolute atomic E-state index is 11.7. The molecule has 3 N–H and O–H groups in total. The smallest absolute Gasteiger partial charge is 0.317 e. The Balaban J connectivity index is 2.26. The molecule has 1 saturated carbocycles. The molecule has 0 radical (unpaired) electrons. The topological polar surface area (TPSA) is 98.7 Å². The van der Waals surface area contributed by atoms with E-state index in [0.29, 0.717) is 6.42 Å². The van der Waals surface area contributed by atoms with Gasteiger partial charge in [-0.05, 0) is 19.3 Å². The standard InChI is InChI=1S/C12H21N3O4/c1-3-8(11(17)18)6-13-12(19)15(2)7-10(16)14-9-4-5-9/h8-9H,3-7H2,1-2H3,(H,13,19)(H,14,16)(H,17,18). The van der Waals surface area contributed by atoms with E-state index in [0.717, 1.165) is 12.8 Å². The van der Waals surface area contributed by atoms with Crippen molar-refractivity contribution in [1.29, 1.82) is 0 Å². The molecular weight excluding hydrogens is 250 g/mol. The monoisotopic (exact) mass is 271 g/mol. The quantitative estimate of drug-likeness (QED) is 0.607. The van der Waals surface area contributed by atoms with Crippen molar-refractivity contribution >= 4 is 17.9 Å². The van der Waals surface area contributed by atoms with Crippen LogP contribution in [0.25, 0.3) is 0 Å². The van der Waals surface area contributed by atoms with Crippen LogP contribution in [-0.2, 0) is 9.59 Å². The van der Waals surface area contributed by atoms with Crippen LogP contribution >= 0.6 is 0 Å². The van der Waals surface area contributed by atoms with Crippen LogP contribution in [0.4, 0.5) is 4.79 Å². The number of nitrogens with one attached hydrogen (secondary N) is 2. The van der Waals surface area contributed by atoms with Gasteiger partial charge in [-0.15, -0.1) is 0 Å². The Morgan fingerprint density at radius 1 is 1.37 bits per heavy atom. The Bertz CT molecular complexity index is 355. The highest BCUT2D eigenvalue weighted by Gasteiger charge is 2.24. The fourth-order valence-electron chi connectivity index (χ4n) is 1.54. The van der Waals surface area contributed by atoms with E-state index in [1.807, 2.05) is 0 Å². The molecule has 1 atom stereocenters. The summed E-state index contributed by atoms with van der Waals surface area (Å²) < 4.78 is 0. The van der Waals surface area contributed by atoms with E-state index < -0.39 is 17.9 Å². The van der Waals surface area contributed by atoms with E-state index in [1.54, 1.807) is 6.92 Å². The summed E-state index contributed by atoms with van der Waals surface area (Å²) in [5.41, 5.74) is 0. The number of urea groups is 1. The number of carboxylic acids is 1. The maximum Gasteiger partial charge on any atom is 0.317 e. The largest absolute Gasteiger partial charge is 0.481 e. The lowest BCUT2D eigenvalue weighted by atomic mass is 10.1. The van der Waals surface area contributed by atoms with Crippen LogP contribution in [0.15, 0.2) is 0 Å². The molecule has 7 nitrogen and oxygen atoms in total. The number of carbonyl (C=O) groups excluding carboxylic acids is 2. The van der Waals surface area contributed by atoms with E-state index in [1.165, 1.54) is 11.9 Å². The third kappa shape index (κ3) is 5.58. The van der Waals surface area contributed by atoms with Gasteiger partial charge in [-0.3, -0.25) is 9.59 Å². The number of aliphatic carboxylic acids is 1. The number of hydrogen-bond acceptors (Lipinski definition) is 3. The molecular formula is C12H21N3O4. The molecule has 0 spiro atoms. The summed E-state index contributed by atoms with van der Waals surface area (Å²) in [4.78, 5) is 35.2. The predicted molar refractivity (Wildman–Crippen MR) is 68.6 cm³/mol. The summed E-state index contributed by atoms with van der Waals surface area (Å²) in [6.45, 7) is 1.79. The van der Waals surface area contributed by atoms with Gasteiger partial charge in [0.1, 0.15) is 6.54 Å². The minimum absolute atomic E-state index is 0.0216. The average molecular weight is 271 g/mol. The SMILES string of the molecule is CCC(CNC(=O)N(C)CC(=O)NC1CC1)C(=O)O. The van der Waals surface area contributed by atoms with Crippen molar-refractivity contribution in [3.8, 4) is 0 Å². The lowest BCUT2D eigenvalue weighted by molar-refractivity contribution is -0.141. The molecule has 0 saturated heterocycles. The summed E-state index contributed by atoms with van der Waals surface area (Å²) >= 11 is 0. The van der Waals surface area contributed by atoms with Crippen molar-refractivity contribution in [2.45, 2.75) is 32.2 Å². The first kappa shape index (κ1) is 15.3. The first-order valence-corrected chi connectivity index (χ1v) is 6.45. The number of nitrogens with zero attached hydrogens (tertiary/aromatic N) is 1. The van der Waals surface area contributed by atoms with Crippen LogP contribution in [0.2, 0.25) is 0 Å². The second kappa shape index (κ2) is 6.96. The van der Waals surface area contributed by atoms with Gasteiger partial charge >= 0.3 is 12.0 Å². The number of carbonyl (C=O) groups is 3. The van der Waals surface area contributed by atoms with Crippen LogP contribution in [-0.4, -0.2) is 54.1 Å². The average Bonchev–Trinajstić information content (AvgIpc) is 3.12. The molecule has 0 bridgehead atoms. The molecule has 7 heteroatoms. The van der Waals surface area contributed by atoms with Crippen molar-refractivity contribution in [3.63, 3.8) is 0 Å². The molecule has 1 rings (SSSR count). The summed E-state index contributed by atoms with van der Waals surface area (Å²) in [5.74, 6) is -1.72. The minimum Gasteiger partial charge on any atom is -0.481 e. The lowest BCUT2D eigenvalue weighted by Gasteiger charge is -2.19. The first-order valence-electron chi connectivity index (χ1n) is 6.45. The zero-order chi connectivity index (χ0) is 14.4. The molecule has 1 fully saturated rings. The number of hydrogen-bond donors (Lipinski definition) is 3. The van der Waals surface area contributed by atoms with Crippen molar-refractivity contribution in [1.82, 2.24) is 15.5 Å². The van der Waals surface area contributed by atoms with E-state index in [9.17, 15) is 14.4 Å². The summed E-state index contributed by atoms with van der Waals surface area (Å²) in [5, 5.41) is 14.1. The van der Waals surface area contributed by atoms with Gasteiger partial charge in [-0.2, -0.15) is 0 Å². The Labute approximate surface area is 112 Å². The van der Waals surface area contributed by atoms with Crippen molar-refractivity contribution < 1.29 is 19.5 Å². The van der Waals surface area contributed by atoms with Gasteiger partial charge in [0.2, 0.25) is 5.91 Å². The normalized spacial score (nSPS) is 15.5. The fourth-order valence-corrected chi connectivity index (χ4v) is 1.54. The molecule has 3 amide bonds. The Morgan fingerprint density at radius 3 is 2.47 bits per heavy atom. The van der Waals surface area contributed by atoms with Gasteiger partial charge in [0.25, 0.3) is 0 Å². The third-order valence-corrected chi connectivity index (χ3v) is 3.01. The molecule has 108 valence electrons. The first-order chi connectivity index (χ1) is 8.93. The van der Waals surface area contributed by atoms with Gasteiger partial charge in [0.15, 0.2) is 0 Å². The summed E-state index contributed by atoms with van der Waals surface area (Å²) in [6, 6.07) is -0.175. The molecule has 1 aliphatic rings. The molecule has 0 aromatic heterocycles. The minimum atomic E-state index is -0.933. The zero-order valence-corrected chi connectivity index (χ0v) is 11.3. The van der Waals surface area contributed by atoms with Crippen molar-refractivity contribution in [2.24, 2.45) is 5.92 Å². The second-order valence-electron chi connectivity index (χ2n) is 4.83. The molecule has 19 heavy (non-hydrogen) atoms. The Morgan fingerprint density at radius 2 is 2.00 bits per heavy atom. The summed E-state index contributed by atoms with van der Waals surface area (Å²) in [6.07, 6.45) is 2.44. The highest BCUT2D eigenvalue weighted by atomic mass is 16.4. The van der Waals surface area contributed by atoms with Gasteiger partial charge in [0.05, 0.1) is 5.92 Å². The number of amides is 3. The number of carboxylic acid groups (broad SMARTS) is 1. The predicted octanol–water partition coefficient (Wildman–Crippen LogP) is 0.0172. The third-order valence-electron chi connectivity index (χ3n) is 3.01. The second-order valence-corrected chi connectivity index (χ2v) is 4.83. The molecule has 0 heterocycles. The molecule has 1 aliphatic carbocycles. The van der Waals surface area contributed by atoms with E-state index in [-0.39, 0.29) is 25.0 Å². The van der Waals surface area contributed by atoms with Crippen LogP contribution < -0.4 is 10.6 Å². The van der Waals surface area contributed by atoms with Crippen LogP contribution in [0.1, 0.15) is 26.2 Å².